The van der Waals surface area contributed by atoms with Gasteiger partial charge in [0, 0.05) is 6.54 Å². The molecule has 0 heterocycles. The number of esters is 1. The van der Waals surface area contributed by atoms with Crippen LogP contribution < -0.4 is 0 Å². The normalized spacial score (nSPS) is 10.3. The van der Waals surface area contributed by atoms with Crippen LogP contribution in [0.5, 0.6) is 0 Å². The molecule has 0 saturated carbocycles. The molecule has 0 aliphatic rings. The van der Waals surface area contributed by atoms with Crippen molar-refractivity contribution in [1.29, 1.82) is 0 Å². The molecule has 0 aliphatic carbocycles. The van der Waals surface area contributed by atoms with E-state index < -0.39 is 0 Å². The molecule has 0 aromatic carbocycles. The highest BCUT2D eigenvalue weighted by Gasteiger charge is 2.05. The Kier molecular flexibility index (Phi) is 20.0. The van der Waals surface area contributed by atoms with Gasteiger partial charge < -0.3 is 4.74 Å². The second-order valence-electron chi connectivity index (χ2n) is 5.89. The zero-order valence-electron chi connectivity index (χ0n) is 14.6. The Labute approximate surface area is 143 Å². The highest BCUT2D eigenvalue weighted by molar-refractivity contribution is 5.85. The maximum absolute atomic E-state index is 11.5. The van der Waals surface area contributed by atoms with E-state index in [4.69, 9.17) is 4.74 Å². The zero-order chi connectivity index (χ0) is 15.8. The number of halogens is 1. The lowest BCUT2D eigenvalue weighted by atomic mass is 10.1. The molecule has 0 saturated heterocycles. The number of nitrogens with zero attached hydrogens (tertiary/aromatic N) is 1. The lowest BCUT2D eigenvalue weighted by Gasteiger charge is -2.13. The van der Waals surface area contributed by atoms with Gasteiger partial charge in [0.2, 0.25) is 0 Å². The summed E-state index contributed by atoms with van der Waals surface area (Å²) in [6, 6.07) is 0. The van der Waals surface area contributed by atoms with E-state index in [0.29, 0.717) is 19.7 Å². The molecule has 0 atom stereocenters. The van der Waals surface area contributed by atoms with Crippen molar-refractivity contribution in [2.24, 2.45) is 0 Å². The molecule has 0 radical (unpaired) electrons. The van der Waals surface area contributed by atoms with Crippen LogP contribution in [0.4, 0.5) is 0 Å². The molecule has 0 N–H and O–H groups in total. The van der Waals surface area contributed by atoms with Crippen molar-refractivity contribution >= 4 is 18.4 Å². The molecule has 0 amide bonds. The molecule has 132 valence electrons. The molecule has 3 nitrogen and oxygen atoms in total. The topological polar surface area (TPSA) is 29.5 Å². The lowest BCUT2D eigenvalue weighted by Crippen LogP contribution is -2.27. The third-order valence-corrected chi connectivity index (χ3v) is 3.60. The van der Waals surface area contributed by atoms with E-state index in [1.165, 1.54) is 57.8 Å². The summed E-state index contributed by atoms with van der Waals surface area (Å²) in [6.45, 7) is 7.53. The van der Waals surface area contributed by atoms with Crippen LogP contribution >= 0.6 is 12.4 Å². The van der Waals surface area contributed by atoms with Crippen LogP contribution in [0.2, 0.25) is 0 Å². The van der Waals surface area contributed by atoms with Gasteiger partial charge >= 0.3 is 5.97 Å². The number of carbonyl (C=O) groups is 1. The molecule has 22 heavy (non-hydrogen) atoms. The number of rotatable bonds is 15. The van der Waals surface area contributed by atoms with Crippen molar-refractivity contribution < 1.29 is 9.53 Å². The lowest BCUT2D eigenvalue weighted by molar-refractivity contribution is -0.144. The quantitative estimate of drug-likeness (QED) is 0.240. The summed E-state index contributed by atoms with van der Waals surface area (Å²) in [4.78, 5) is 13.4. The summed E-state index contributed by atoms with van der Waals surface area (Å²) < 4.78 is 5.22. The number of unbranched alkanes of at least 4 members (excludes halogenated alkanes) is 9. The first-order valence-electron chi connectivity index (χ1n) is 8.65. The Hall–Kier alpha value is -0.540. The van der Waals surface area contributed by atoms with Crippen LogP contribution in [-0.2, 0) is 9.53 Å². The second-order valence-corrected chi connectivity index (χ2v) is 5.89. The Balaban J connectivity index is 0. The van der Waals surface area contributed by atoms with Crippen molar-refractivity contribution in [3.63, 3.8) is 0 Å². The van der Waals surface area contributed by atoms with Crippen LogP contribution in [0.3, 0.4) is 0 Å². The second kappa shape index (κ2) is 18.5. The van der Waals surface area contributed by atoms with Gasteiger partial charge in [-0.05, 0) is 13.5 Å². The van der Waals surface area contributed by atoms with E-state index in [-0.39, 0.29) is 18.4 Å². The van der Waals surface area contributed by atoms with Gasteiger partial charge in [-0.2, -0.15) is 0 Å². The third kappa shape index (κ3) is 17.5. The minimum Gasteiger partial charge on any atom is -0.465 e. The summed E-state index contributed by atoms with van der Waals surface area (Å²) in [5.41, 5.74) is 0. The third-order valence-electron chi connectivity index (χ3n) is 3.60. The fraction of sp³-hybridized carbons (Fsp3) is 0.833. The predicted molar refractivity (Wildman–Crippen MR) is 97.7 cm³/mol. The van der Waals surface area contributed by atoms with E-state index in [1.807, 2.05) is 11.9 Å². The summed E-state index contributed by atoms with van der Waals surface area (Å²) >= 11 is 0. The van der Waals surface area contributed by atoms with Crippen molar-refractivity contribution in [2.45, 2.75) is 71.1 Å². The van der Waals surface area contributed by atoms with E-state index in [2.05, 4.69) is 13.5 Å². The standard InChI is InChI=1S/C18H35NO2.ClH/c1-4-6-7-8-9-10-11-12-13-14-16-21-18(20)17-19(3)15-5-2;/h5H,2,4,6-17H2,1,3H3;1H. The molecule has 0 bridgehead atoms. The van der Waals surface area contributed by atoms with E-state index >= 15 is 0 Å². The van der Waals surface area contributed by atoms with Crippen LogP contribution in [0.15, 0.2) is 12.7 Å². The number of hydrogen-bond acceptors (Lipinski definition) is 3. The van der Waals surface area contributed by atoms with Crippen LogP contribution in [0.1, 0.15) is 71.1 Å². The van der Waals surface area contributed by atoms with Gasteiger partial charge in [0.05, 0.1) is 13.2 Å². The Bertz CT molecular complexity index is 259. The number of carbonyl (C=O) groups excluding carboxylic acids is 1. The smallest absolute Gasteiger partial charge is 0.320 e. The number of ether oxygens (including phenoxy) is 1. The number of likely N-dealkylation sites (N-methyl/N-ethyl adjacent to an activating group) is 1. The van der Waals surface area contributed by atoms with Gasteiger partial charge in [-0.25, -0.2) is 0 Å². The van der Waals surface area contributed by atoms with E-state index in [1.54, 1.807) is 6.08 Å². The maximum atomic E-state index is 11.5. The van der Waals surface area contributed by atoms with Gasteiger partial charge in [0.25, 0.3) is 0 Å². The molecule has 0 aromatic rings. The Morgan fingerprint density at radius 1 is 1.00 bits per heavy atom. The average molecular weight is 334 g/mol. The van der Waals surface area contributed by atoms with Crippen LogP contribution in [0, 0.1) is 0 Å². The molecular weight excluding hydrogens is 298 g/mol. The average Bonchev–Trinajstić information content (AvgIpc) is 2.45. The van der Waals surface area contributed by atoms with Crippen molar-refractivity contribution in [3.05, 3.63) is 12.7 Å². The summed E-state index contributed by atoms with van der Waals surface area (Å²) in [5.74, 6) is -0.129. The molecule has 0 unspecified atom stereocenters. The summed E-state index contributed by atoms with van der Waals surface area (Å²) in [7, 11) is 1.89. The Morgan fingerprint density at radius 2 is 1.50 bits per heavy atom. The fourth-order valence-electron chi connectivity index (χ4n) is 2.33. The SMILES string of the molecule is C=CCN(C)CC(=O)OCCCCCCCCCCCC.Cl. The van der Waals surface area contributed by atoms with Gasteiger partial charge in [-0.1, -0.05) is 70.8 Å². The molecule has 0 aromatic heterocycles. The first-order chi connectivity index (χ1) is 10.2. The van der Waals surface area contributed by atoms with Gasteiger partial charge in [-0.3, -0.25) is 9.69 Å². The molecule has 0 aliphatic heterocycles. The fourth-order valence-corrected chi connectivity index (χ4v) is 2.33. The molecular formula is C18H36ClNO2. The molecule has 0 spiro atoms. The van der Waals surface area contributed by atoms with Crippen molar-refractivity contribution in [1.82, 2.24) is 4.90 Å². The number of hydrogen-bond donors (Lipinski definition) is 0. The first-order valence-corrected chi connectivity index (χ1v) is 8.65. The predicted octanol–water partition coefficient (Wildman–Crippen LogP) is 4.99. The maximum Gasteiger partial charge on any atom is 0.320 e. The van der Waals surface area contributed by atoms with Crippen molar-refractivity contribution in [2.75, 3.05) is 26.7 Å². The van der Waals surface area contributed by atoms with E-state index in [0.717, 1.165) is 6.42 Å². The van der Waals surface area contributed by atoms with Crippen LogP contribution in [-0.4, -0.2) is 37.6 Å². The Morgan fingerprint density at radius 3 is 2.00 bits per heavy atom. The van der Waals surface area contributed by atoms with Gasteiger partial charge in [0.1, 0.15) is 0 Å². The van der Waals surface area contributed by atoms with Crippen LogP contribution in [0.25, 0.3) is 0 Å². The minimum absolute atomic E-state index is 0. The molecule has 0 fully saturated rings. The van der Waals surface area contributed by atoms with Gasteiger partial charge in [-0.15, -0.1) is 19.0 Å². The minimum atomic E-state index is -0.129. The zero-order valence-corrected chi connectivity index (χ0v) is 15.5. The largest absolute Gasteiger partial charge is 0.465 e. The monoisotopic (exact) mass is 333 g/mol. The first kappa shape index (κ1) is 23.7. The van der Waals surface area contributed by atoms with Gasteiger partial charge in [0.15, 0.2) is 0 Å². The highest BCUT2D eigenvalue weighted by atomic mass is 35.5. The highest BCUT2D eigenvalue weighted by Crippen LogP contribution is 2.10. The molecule has 0 rings (SSSR count). The summed E-state index contributed by atoms with van der Waals surface area (Å²) in [5, 5.41) is 0. The molecule has 4 heteroatoms. The summed E-state index contributed by atoms with van der Waals surface area (Å²) in [6.07, 6.45) is 14.8. The van der Waals surface area contributed by atoms with E-state index in [9.17, 15) is 4.79 Å². The van der Waals surface area contributed by atoms with Crippen molar-refractivity contribution in [3.8, 4) is 0 Å².